The number of alkyl halides is 6. The van der Waals surface area contributed by atoms with E-state index in [0.717, 1.165) is 0 Å². The second-order valence-corrected chi connectivity index (χ2v) is 9.27. The molecule has 2 saturated heterocycles. The van der Waals surface area contributed by atoms with Crippen LogP contribution in [-0.2, 0) is 21.9 Å². The number of piperazine rings is 1. The van der Waals surface area contributed by atoms with E-state index in [2.05, 4.69) is 18.5 Å². The standard InChI is InChI=1S/C25H29F6N3O2/c1-4-6-18(5-2)23(8-7-22(13-32)14-34(23)12-21(35)33-22)15-36-16(3)17-9-19(24(26,27)28)11-20(10-17)25(29,30)31/h4-6,9-11,16H,1-2,7-8,12-15,32H2,3H3,(H,33,35)/b18-6+/t16-,22+,23-/m1/s1. The van der Waals surface area contributed by atoms with Crippen molar-refractivity contribution < 1.29 is 35.9 Å². The molecule has 2 aliphatic heterocycles. The molecular weight excluding hydrogens is 488 g/mol. The lowest BCUT2D eigenvalue weighted by Gasteiger charge is -2.57. The summed E-state index contributed by atoms with van der Waals surface area (Å²) < 4.78 is 85.9. The quantitative estimate of drug-likeness (QED) is 0.386. The van der Waals surface area contributed by atoms with Crippen molar-refractivity contribution in [2.45, 2.75) is 49.3 Å². The average Bonchev–Trinajstić information content (AvgIpc) is 2.80. The maximum atomic E-state index is 13.3. The van der Waals surface area contributed by atoms with Gasteiger partial charge in [0.05, 0.1) is 41.5 Å². The van der Waals surface area contributed by atoms with E-state index < -0.39 is 40.7 Å². The van der Waals surface area contributed by atoms with E-state index in [4.69, 9.17) is 10.5 Å². The molecule has 0 aromatic heterocycles. The summed E-state index contributed by atoms with van der Waals surface area (Å²) in [4.78, 5) is 14.4. The minimum Gasteiger partial charge on any atom is -0.372 e. The molecule has 1 amide bonds. The molecule has 3 rings (SSSR count). The largest absolute Gasteiger partial charge is 0.416 e. The van der Waals surface area contributed by atoms with Gasteiger partial charge in [-0.1, -0.05) is 31.4 Å². The van der Waals surface area contributed by atoms with Gasteiger partial charge in [-0.2, -0.15) is 26.3 Å². The molecule has 11 heteroatoms. The minimum absolute atomic E-state index is 0.0175. The molecule has 2 fully saturated rings. The van der Waals surface area contributed by atoms with Crippen molar-refractivity contribution in [1.82, 2.24) is 10.2 Å². The van der Waals surface area contributed by atoms with E-state index in [9.17, 15) is 31.1 Å². The highest BCUT2D eigenvalue weighted by atomic mass is 19.4. The van der Waals surface area contributed by atoms with Crippen LogP contribution in [0.5, 0.6) is 0 Å². The van der Waals surface area contributed by atoms with E-state index >= 15 is 0 Å². The predicted octanol–water partition coefficient (Wildman–Crippen LogP) is 4.76. The van der Waals surface area contributed by atoms with Crippen LogP contribution in [0.25, 0.3) is 0 Å². The first kappa shape index (κ1) is 27.9. The van der Waals surface area contributed by atoms with E-state index in [1.165, 1.54) is 6.92 Å². The van der Waals surface area contributed by atoms with Crippen LogP contribution in [0.3, 0.4) is 0 Å². The number of carbonyl (C=O) groups is 1. The van der Waals surface area contributed by atoms with E-state index in [-0.39, 0.29) is 37.2 Å². The van der Waals surface area contributed by atoms with Crippen molar-refractivity contribution in [2.75, 3.05) is 26.2 Å². The summed E-state index contributed by atoms with van der Waals surface area (Å²) in [5.41, 5.74) is 2.01. The number of ether oxygens (including phenoxy) is 1. The third kappa shape index (κ3) is 5.52. The lowest BCUT2D eigenvalue weighted by molar-refractivity contribution is -0.143. The first-order valence-corrected chi connectivity index (χ1v) is 11.3. The Morgan fingerprint density at radius 1 is 1.17 bits per heavy atom. The summed E-state index contributed by atoms with van der Waals surface area (Å²) in [5.74, 6) is -0.237. The van der Waals surface area contributed by atoms with Gasteiger partial charge in [0.15, 0.2) is 0 Å². The van der Waals surface area contributed by atoms with Crippen LogP contribution in [0.1, 0.15) is 42.6 Å². The van der Waals surface area contributed by atoms with Crippen molar-refractivity contribution >= 4 is 5.91 Å². The van der Waals surface area contributed by atoms with E-state index in [1.807, 2.05) is 4.90 Å². The van der Waals surface area contributed by atoms with Crippen molar-refractivity contribution in [2.24, 2.45) is 5.73 Å². The highest BCUT2D eigenvalue weighted by Gasteiger charge is 2.52. The first-order valence-electron chi connectivity index (χ1n) is 11.3. The second-order valence-electron chi connectivity index (χ2n) is 9.27. The van der Waals surface area contributed by atoms with Gasteiger partial charge in [0.1, 0.15) is 0 Å². The Labute approximate surface area is 205 Å². The topological polar surface area (TPSA) is 67.6 Å². The first-order chi connectivity index (χ1) is 16.7. The monoisotopic (exact) mass is 517 g/mol. The maximum absolute atomic E-state index is 13.3. The Kier molecular flexibility index (Phi) is 7.78. The number of fused-ring (bicyclic) bond motifs is 2. The SMILES string of the molecule is C=C/C=C(\C=C)[C@]1(CO[C@H](C)c2cc(C(F)(F)F)cc(C(F)(F)F)c2)CC[C@]2(CN)CN1CC(=O)N2. The summed E-state index contributed by atoms with van der Waals surface area (Å²) >= 11 is 0. The number of piperidine rings is 1. The average molecular weight is 518 g/mol. The normalized spacial score (nSPS) is 27.8. The number of benzene rings is 1. The summed E-state index contributed by atoms with van der Waals surface area (Å²) in [6, 6.07) is 1.41. The van der Waals surface area contributed by atoms with Gasteiger partial charge in [-0.15, -0.1) is 0 Å². The molecule has 0 saturated carbocycles. The summed E-state index contributed by atoms with van der Waals surface area (Å²) in [5, 5.41) is 2.94. The third-order valence-electron chi connectivity index (χ3n) is 6.95. The Morgan fingerprint density at radius 2 is 1.78 bits per heavy atom. The summed E-state index contributed by atoms with van der Waals surface area (Å²) in [6.07, 6.45) is -5.25. The molecule has 2 bridgehead atoms. The molecule has 2 heterocycles. The highest BCUT2D eigenvalue weighted by Crippen LogP contribution is 2.42. The summed E-state index contributed by atoms with van der Waals surface area (Å²) in [7, 11) is 0. The Balaban J connectivity index is 1.98. The van der Waals surface area contributed by atoms with Crippen molar-refractivity contribution in [1.29, 1.82) is 0 Å². The highest BCUT2D eigenvalue weighted by molar-refractivity contribution is 5.80. The molecule has 0 spiro atoms. The van der Waals surface area contributed by atoms with Crippen LogP contribution in [0.2, 0.25) is 0 Å². The second kappa shape index (κ2) is 10.0. The minimum atomic E-state index is -4.96. The zero-order valence-corrected chi connectivity index (χ0v) is 19.8. The van der Waals surface area contributed by atoms with Crippen LogP contribution in [0.4, 0.5) is 26.3 Å². The fraction of sp³-hybridized carbons (Fsp3) is 0.480. The fourth-order valence-corrected chi connectivity index (χ4v) is 4.92. The molecular formula is C25H29F6N3O2. The lowest BCUT2D eigenvalue weighted by atomic mass is 9.72. The zero-order chi connectivity index (χ0) is 26.9. The van der Waals surface area contributed by atoms with Gasteiger partial charge < -0.3 is 15.8 Å². The number of allylic oxidation sites excluding steroid dienone is 2. The van der Waals surface area contributed by atoms with Crippen LogP contribution >= 0.6 is 0 Å². The molecule has 4 atom stereocenters. The smallest absolute Gasteiger partial charge is 0.372 e. The molecule has 0 aliphatic carbocycles. The fourth-order valence-electron chi connectivity index (χ4n) is 4.92. The molecule has 2 aliphatic rings. The van der Waals surface area contributed by atoms with Crippen LogP contribution < -0.4 is 11.1 Å². The molecule has 1 aromatic rings. The van der Waals surface area contributed by atoms with Gasteiger partial charge in [0.2, 0.25) is 5.91 Å². The molecule has 198 valence electrons. The lowest BCUT2D eigenvalue weighted by Crippen LogP contribution is -2.75. The van der Waals surface area contributed by atoms with Gasteiger partial charge >= 0.3 is 12.4 Å². The number of rotatable bonds is 8. The summed E-state index contributed by atoms with van der Waals surface area (Å²) in [6.45, 7) is 9.48. The van der Waals surface area contributed by atoms with Gasteiger partial charge in [-0.25, -0.2) is 0 Å². The molecule has 3 N–H and O–H groups in total. The predicted molar refractivity (Wildman–Crippen MR) is 123 cm³/mol. The Bertz CT molecular complexity index is 1020. The number of amides is 1. The van der Waals surface area contributed by atoms with Gasteiger partial charge in [0, 0.05) is 13.1 Å². The van der Waals surface area contributed by atoms with Crippen LogP contribution in [0.15, 0.2) is 55.2 Å². The molecule has 1 unspecified atom stereocenters. The molecule has 0 radical (unpaired) electrons. The number of halogens is 6. The number of hydrogen-bond acceptors (Lipinski definition) is 4. The third-order valence-corrected chi connectivity index (χ3v) is 6.95. The Hall–Kier alpha value is -2.63. The van der Waals surface area contributed by atoms with Crippen LogP contribution in [-0.4, -0.2) is 48.1 Å². The molecule has 5 nitrogen and oxygen atoms in total. The van der Waals surface area contributed by atoms with E-state index in [1.54, 1.807) is 18.2 Å². The van der Waals surface area contributed by atoms with Gasteiger partial charge in [-0.3, -0.25) is 9.69 Å². The van der Waals surface area contributed by atoms with Crippen molar-refractivity contribution in [3.8, 4) is 0 Å². The maximum Gasteiger partial charge on any atom is 0.416 e. The van der Waals surface area contributed by atoms with Gasteiger partial charge in [0.25, 0.3) is 0 Å². The number of nitrogens with two attached hydrogens (primary N) is 1. The number of nitrogens with one attached hydrogen (secondary N) is 1. The number of hydrogen-bond donors (Lipinski definition) is 2. The van der Waals surface area contributed by atoms with Crippen molar-refractivity contribution in [3.63, 3.8) is 0 Å². The molecule has 1 aromatic carbocycles. The van der Waals surface area contributed by atoms with Gasteiger partial charge in [-0.05, 0) is 49.1 Å². The van der Waals surface area contributed by atoms with Crippen LogP contribution in [0, 0.1) is 0 Å². The van der Waals surface area contributed by atoms with Crippen molar-refractivity contribution in [3.05, 3.63) is 71.8 Å². The number of carbonyl (C=O) groups excluding carboxylic acids is 1. The molecule has 36 heavy (non-hydrogen) atoms. The van der Waals surface area contributed by atoms with E-state index in [0.29, 0.717) is 37.1 Å². The Morgan fingerprint density at radius 3 is 2.28 bits per heavy atom. The number of nitrogens with zero attached hydrogens (tertiary/aromatic N) is 1. The zero-order valence-electron chi connectivity index (χ0n) is 19.8.